The van der Waals surface area contributed by atoms with Gasteiger partial charge in [-0.1, -0.05) is 0 Å². The summed E-state index contributed by atoms with van der Waals surface area (Å²) >= 11 is 0. The van der Waals surface area contributed by atoms with Crippen LogP contribution >= 0.6 is 0 Å². The van der Waals surface area contributed by atoms with Crippen LogP contribution in [0.5, 0.6) is 0 Å². The average molecular weight is 234 g/mol. The molecule has 1 aliphatic heterocycles. The van der Waals surface area contributed by atoms with E-state index in [2.05, 4.69) is 4.98 Å². The summed E-state index contributed by atoms with van der Waals surface area (Å²) in [5.74, 6) is 0.794. The van der Waals surface area contributed by atoms with Crippen LogP contribution in [0.15, 0.2) is 18.3 Å². The molecule has 3 N–H and O–H groups in total. The van der Waals surface area contributed by atoms with Crippen LogP contribution < -0.4 is 10.6 Å². The van der Waals surface area contributed by atoms with Gasteiger partial charge < -0.3 is 15.4 Å². The third kappa shape index (κ3) is 2.74. The number of pyridine rings is 1. The van der Waals surface area contributed by atoms with E-state index in [4.69, 9.17) is 15.9 Å². The van der Waals surface area contributed by atoms with E-state index in [1.807, 2.05) is 18.0 Å². The van der Waals surface area contributed by atoms with Crippen molar-refractivity contribution in [3.05, 3.63) is 23.9 Å². The van der Waals surface area contributed by atoms with Crippen LogP contribution in [0.3, 0.4) is 0 Å². The van der Waals surface area contributed by atoms with Crippen molar-refractivity contribution in [2.45, 2.75) is 18.9 Å². The van der Waals surface area contributed by atoms with Crippen molar-refractivity contribution in [2.75, 3.05) is 25.1 Å². The molecule has 5 nitrogen and oxygen atoms in total. The fourth-order valence-corrected chi connectivity index (χ4v) is 2.09. The van der Waals surface area contributed by atoms with E-state index in [-0.39, 0.29) is 11.9 Å². The maximum Gasteiger partial charge on any atom is 0.139 e. The first kappa shape index (κ1) is 11.9. The third-order valence-corrected chi connectivity index (χ3v) is 2.94. The van der Waals surface area contributed by atoms with Crippen LogP contribution in [-0.4, -0.2) is 37.1 Å². The number of hydrogen-bond acceptors (Lipinski definition) is 4. The molecule has 17 heavy (non-hydrogen) atoms. The second kappa shape index (κ2) is 5.14. The molecule has 0 aliphatic carbocycles. The lowest BCUT2D eigenvalue weighted by molar-refractivity contribution is 0.116. The maximum atomic E-state index is 7.53. The van der Waals surface area contributed by atoms with Crippen LogP contribution in [-0.2, 0) is 4.74 Å². The molecule has 1 aromatic rings. The Kier molecular flexibility index (Phi) is 3.58. The monoisotopic (exact) mass is 234 g/mol. The maximum absolute atomic E-state index is 7.53. The second-order valence-electron chi connectivity index (χ2n) is 4.30. The lowest BCUT2D eigenvalue weighted by atomic mass is 10.2. The highest BCUT2D eigenvalue weighted by Crippen LogP contribution is 2.19. The number of rotatable bonds is 4. The van der Waals surface area contributed by atoms with E-state index < -0.39 is 0 Å². The molecule has 1 unspecified atom stereocenters. The molecule has 1 aliphatic rings. The van der Waals surface area contributed by atoms with Crippen molar-refractivity contribution in [2.24, 2.45) is 5.73 Å². The van der Waals surface area contributed by atoms with Gasteiger partial charge in [-0.3, -0.25) is 5.41 Å². The molecule has 1 fully saturated rings. The van der Waals surface area contributed by atoms with Gasteiger partial charge in [-0.15, -0.1) is 0 Å². The predicted octanol–water partition coefficient (Wildman–Crippen LogP) is 0.981. The third-order valence-electron chi connectivity index (χ3n) is 2.94. The van der Waals surface area contributed by atoms with Crippen molar-refractivity contribution < 1.29 is 4.74 Å². The van der Waals surface area contributed by atoms with Crippen molar-refractivity contribution in [1.82, 2.24) is 4.98 Å². The Morgan fingerprint density at radius 1 is 1.71 bits per heavy atom. The van der Waals surface area contributed by atoms with Gasteiger partial charge in [0.05, 0.1) is 11.7 Å². The van der Waals surface area contributed by atoms with Crippen LogP contribution in [0.1, 0.15) is 18.4 Å². The smallest absolute Gasteiger partial charge is 0.139 e. The highest BCUT2D eigenvalue weighted by atomic mass is 16.5. The first-order valence-electron chi connectivity index (χ1n) is 5.80. The van der Waals surface area contributed by atoms with Crippen LogP contribution in [0.2, 0.25) is 0 Å². The van der Waals surface area contributed by atoms with E-state index in [1.54, 1.807) is 12.3 Å². The fourth-order valence-electron chi connectivity index (χ4n) is 2.09. The predicted molar refractivity (Wildman–Crippen MR) is 67.5 cm³/mol. The molecule has 1 aromatic heterocycles. The number of anilines is 1. The Labute approximate surface area is 101 Å². The Morgan fingerprint density at radius 3 is 3.18 bits per heavy atom. The fraction of sp³-hybridized carbons (Fsp3) is 0.500. The molecule has 0 spiro atoms. The van der Waals surface area contributed by atoms with Crippen LogP contribution in [0.25, 0.3) is 0 Å². The minimum absolute atomic E-state index is 0.0484. The van der Waals surface area contributed by atoms with Crippen molar-refractivity contribution in [1.29, 1.82) is 5.41 Å². The number of amidine groups is 1. The van der Waals surface area contributed by atoms with Gasteiger partial charge in [-0.05, 0) is 25.0 Å². The SMILES string of the molecule is CN(CC1CCCO1)c1ncccc1C(=N)N. The molecule has 2 rings (SSSR count). The molecule has 0 bridgehead atoms. The number of nitrogens with two attached hydrogens (primary N) is 1. The summed E-state index contributed by atoms with van der Waals surface area (Å²) < 4.78 is 5.59. The van der Waals surface area contributed by atoms with Gasteiger partial charge >= 0.3 is 0 Å². The van der Waals surface area contributed by atoms with Crippen LogP contribution in [0.4, 0.5) is 5.82 Å². The molecule has 0 saturated carbocycles. The van der Waals surface area contributed by atoms with Crippen molar-refractivity contribution in [3.63, 3.8) is 0 Å². The lowest BCUT2D eigenvalue weighted by Crippen LogP contribution is -2.31. The van der Waals surface area contributed by atoms with Gasteiger partial charge in [0.2, 0.25) is 0 Å². The van der Waals surface area contributed by atoms with E-state index in [9.17, 15) is 0 Å². The molecule has 0 amide bonds. The molecule has 1 saturated heterocycles. The van der Waals surface area contributed by atoms with E-state index in [0.717, 1.165) is 31.8 Å². The van der Waals surface area contributed by atoms with Crippen molar-refractivity contribution >= 4 is 11.7 Å². The molecule has 5 heteroatoms. The minimum atomic E-state index is 0.0484. The molecular formula is C12H18N4O. The Balaban J connectivity index is 2.12. The number of nitrogens with one attached hydrogen (secondary N) is 1. The van der Waals surface area contributed by atoms with Crippen LogP contribution in [0, 0.1) is 5.41 Å². The zero-order valence-corrected chi connectivity index (χ0v) is 10.0. The number of ether oxygens (including phenoxy) is 1. The van der Waals surface area contributed by atoms with Gasteiger partial charge in [-0.25, -0.2) is 4.98 Å². The largest absolute Gasteiger partial charge is 0.384 e. The number of nitrogens with zero attached hydrogens (tertiary/aromatic N) is 2. The van der Waals surface area contributed by atoms with Gasteiger partial charge in [0.25, 0.3) is 0 Å². The van der Waals surface area contributed by atoms with Crippen molar-refractivity contribution in [3.8, 4) is 0 Å². The van der Waals surface area contributed by atoms with Gasteiger partial charge in [-0.2, -0.15) is 0 Å². The summed E-state index contributed by atoms with van der Waals surface area (Å²) in [6, 6.07) is 3.61. The van der Waals surface area contributed by atoms with Gasteiger partial charge in [0.1, 0.15) is 11.7 Å². The van der Waals surface area contributed by atoms with E-state index in [0.29, 0.717) is 5.56 Å². The summed E-state index contributed by atoms with van der Waals surface area (Å²) in [6.07, 6.45) is 4.20. The summed E-state index contributed by atoms with van der Waals surface area (Å²) in [7, 11) is 1.95. The highest BCUT2D eigenvalue weighted by molar-refractivity contribution is 5.99. The zero-order chi connectivity index (χ0) is 12.3. The molecule has 92 valence electrons. The molecule has 2 heterocycles. The first-order valence-corrected chi connectivity index (χ1v) is 5.80. The summed E-state index contributed by atoms with van der Waals surface area (Å²) in [6.45, 7) is 1.64. The second-order valence-corrected chi connectivity index (χ2v) is 4.30. The quantitative estimate of drug-likeness (QED) is 0.601. The van der Waals surface area contributed by atoms with Gasteiger partial charge in [0.15, 0.2) is 0 Å². The number of hydrogen-bond donors (Lipinski definition) is 2. The average Bonchev–Trinajstić information content (AvgIpc) is 2.81. The molecule has 0 aromatic carbocycles. The normalized spacial score (nSPS) is 19.2. The first-order chi connectivity index (χ1) is 8.18. The standard InChI is InChI=1S/C12H18N4O/c1-16(8-9-4-3-7-17-9)12-10(11(13)14)5-2-6-15-12/h2,5-6,9H,3-4,7-8H2,1H3,(H3,13,14). The lowest BCUT2D eigenvalue weighted by Gasteiger charge is -2.23. The molecule has 1 atom stereocenters. The Hall–Kier alpha value is -1.62. The number of nitrogen functional groups attached to an aromatic ring is 1. The highest BCUT2D eigenvalue weighted by Gasteiger charge is 2.19. The number of likely N-dealkylation sites (N-methyl/N-ethyl adjacent to an activating group) is 1. The Bertz CT molecular complexity index is 401. The van der Waals surface area contributed by atoms with E-state index >= 15 is 0 Å². The minimum Gasteiger partial charge on any atom is -0.384 e. The Morgan fingerprint density at radius 2 is 2.53 bits per heavy atom. The van der Waals surface area contributed by atoms with E-state index in [1.165, 1.54) is 0 Å². The zero-order valence-electron chi connectivity index (χ0n) is 10.0. The summed E-state index contributed by atoms with van der Waals surface area (Å²) in [5, 5.41) is 7.53. The number of aromatic nitrogens is 1. The topological polar surface area (TPSA) is 75.2 Å². The summed E-state index contributed by atoms with van der Waals surface area (Å²) in [5.41, 5.74) is 6.22. The van der Waals surface area contributed by atoms with Gasteiger partial charge in [0, 0.05) is 26.4 Å². The summed E-state index contributed by atoms with van der Waals surface area (Å²) in [4.78, 5) is 6.30. The molecule has 0 radical (unpaired) electrons. The molecular weight excluding hydrogens is 216 g/mol.